The van der Waals surface area contributed by atoms with Crippen LogP contribution in [0.1, 0.15) is 20.8 Å². The lowest BCUT2D eigenvalue weighted by molar-refractivity contribution is 0.158. The molecule has 0 fully saturated rings. The maximum absolute atomic E-state index is 4.81. The molecule has 0 radical (unpaired) electrons. The van der Waals surface area contributed by atoms with Crippen LogP contribution < -0.4 is 0 Å². The Morgan fingerprint density at radius 2 is 2.33 bits per heavy atom. The first-order valence-electron chi connectivity index (χ1n) is 2.99. The normalized spacial score (nSPS) is 15.3. The number of halogens is 1. The van der Waals surface area contributed by atoms with Crippen molar-refractivity contribution in [2.24, 2.45) is 5.16 Å². The molecule has 0 spiro atoms. The molecule has 0 rings (SSSR count). The highest BCUT2D eigenvalue weighted by Crippen LogP contribution is 1.99. The summed E-state index contributed by atoms with van der Waals surface area (Å²) in [6.07, 6.45) is 0. The zero-order valence-electron chi connectivity index (χ0n) is 6.02. The van der Waals surface area contributed by atoms with Gasteiger partial charge >= 0.3 is 0 Å². The van der Waals surface area contributed by atoms with E-state index in [1.54, 1.807) is 0 Å². The van der Waals surface area contributed by atoms with Crippen molar-refractivity contribution in [1.82, 2.24) is 0 Å². The van der Waals surface area contributed by atoms with Gasteiger partial charge in [0.15, 0.2) is 0 Å². The number of rotatable bonds is 3. The van der Waals surface area contributed by atoms with Gasteiger partial charge in [0.2, 0.25) is 0 Å². The van der Waals surface area contributed by atoms with Gasteiger partial charge in [-0.1, -0.05) is 21.1 Å². The highest BCUT2D eigenvalue weighted by Gasteiger charge is 1.98. The third-order valence-corrected chi connectivity index (χ3v) is 1.58. The van der Waals surface area contributed by atoms with Gasteiger partial charge in [0.05, 0.1) is 10.5 Å². The highest BCUT2D eigenvalue weighted by atomic mass is 79.9. The topological polar surface area (TPSA) is 21.6 Å². The largest absolute Gasteiger partial charge is 0.396 e. The third-order valence-electron chi connectivity index (χ3n) is 0.913. The summed E-state index contributed by atoms with van der Waals surface area (Å²) < 4.78 is 0. The summed E-state index contributed by atoms with van der Waals surface area (Å²) in [4.78, 5) is 5.12. The molecule has 0 aromatic rings. The fourth-order valence-corrected chi connectivity index (χ4v) is 0.323. The monoisotopic (exact) mass is 193 g/mol. The predicted molar refractivity (Wildman–Crippen MR) is 43.1 cm³/mol. The van der Waals surface area contributed by atoms with E-state index < -0.39 is 0 Å². The summed E-state index contributed by atoms with van der Waals surface area (Å²) in [5.41, 5.74) is 0.969. The van der Waals surface area contributed by atoms with Crippen LogP contribution in [-0.2, 0) is 4.84 Å². The molecule has 0 amide bonds. The summed E-state index contributed by atoms with van der Waals surface area (Å²) in [6.45, 7) is 6.49. The van der Waals surface area contributed by atoms with Crippen LogP contribution in [0.3, 0.4) is 0 Å². The summed E-state index contributed by atoms with van der Waals surface area (Å²) in [5.74, 6) is 0. The second-order valence-corrected chi connectivity index (χ2v) is 3.14. The van der Waals surface area contributed by atoms with E-state index in [0.29, 0.717) is 11.4 Å². The Balaban J connectivity index is 3.55. The molecule has 0 aliphatic rings. The molecular weight excluding hydrogens is 182 g/mol. The maximum atomic E-state index is 4.81. The minimum absolute atomic E-state index is 0.309. The molecule has 0 saturated carbocycles. The second-order valence-electron chi connectivity index (χ2n) is 1.77. The van der Waals surface area contributed by atoms with E-state index in [9.17, 15) is 0 Å². The Morgan fingerprint density at radius 1 is 1.78 bits per heavy atom. The summed E-state index contributed by atoms with van der Waals surface area (Å²) >= 11 is 3.36. The minimum Gasteiger partial charge on any atom is -0.396 e. The summed E-state index contributed by atoms with van der Waals surface area (Å²) in [7, 11) is 0. The van der Waals surface area contributed by atoms with E-state index in [1.165, 1.54) is 0 Å². The van der Waals surface area contributed by atoms with E-state index in [1.807, 2.05) is 20.8 Å². The van der Waals surface area contributed by atoms with Gasteiger partial charge in [-0.15, -0.1) is 0 Å². The molecule has 0 aliphatic carbocycles. The van der Waals surface area contributed by atoms with Gasteiger partial charge in [0.1, 0.15) is 6.61 Å². The average Bonchev–Trinajstić information content (AvgIpc) is 1.82. The average molecular weight is 194 g/mol. The van der Waals surface area contributed by atoms with Gasteiger partial charge in [0.25, 0.3) is 0 Å². The van der Waals surface area contributed by atoms with Crippen molar-refractivity contribution in [2.75, 3.05) is 6.61 Å². The molecule has 1 unspecified atom stereocenters. The molecule has 2 nitrogen and oxygen atoms in total. The molecule has 0 heterocycles. The zero-order valence-corrected chi connectivity index (χ0v) is 7.60. The fraction of sp³-hybridized carbons (Fsp3) is 0.833. The van der Waals surface area contributed by atoms with Gasteiger partial charge < -0.3 is 4.84 Å². The van der Waals surface area contributed by atoms with Crippen LogP contribution in [0.2, 0.25) is 0 Å². The SMILES string of the molecule is CCON=C(C)C(C)Br. The molecule has 0 aliphatic heterocycles. The maximum Gasteiger partial charge on any atom is 0.114 e. The van der Waals surface area contributed by atoms with Crippen molar-refractivity contribution in [3.8, 4) is 0 Å². The lowest BCUT2D eigenvalue weighted by atomic mass is 10.3. The van der Waals surface area contributed by atoms with Crippen molar-refractivity contribution in [1.29, 1.82) is 0 Å². The number of hydrogen-bond donors (Lipinski definition) is 0. The Hall–Kier alpha value is -0.0500. The van der Waals surface area contributed by atoms with Crippen LogP contribution in [0, 0.1) is 0 Å². The van der Waals surface area contributed by atoms with Crippen LogP contribution in [0.4, 0.5) is 0 Å². The van der Waals surface area contributed by atoms with Crippen molar-refractivity contribution < 1.29 is 4.84 Å². The van der Waals surface area contributed by atoms with Crippen molar-refractivity contribution in [2.45, 2.75) is 25.6 Å². The highest BCUT2D eigenvalue weighted by molar-refractivity contribution is 9.10. The standard InChI is InChI=1S/C6H12BrNO/c1-4-9-8-6(3)5(2)7/h5H,4H2,1-3H3. The van der Waals surface area contributed by atoms with E-state index in [0.717, 1.165) is 5.71 Å². The molecule has 3 heteroatoms. The number of nitrogens with zero attached hydrogens (tertiary/aromatic N) is 1. The molecule has 0 aromatic heterocycles. The molecule has 0 saturated heterocycles. The molecule has 0 aromatic carbocycles. The Bertz CT molecular complexity index is 101. The number of oxime groups is 1. The Kier molecular flexibility index (Phi) is 4.77. The van der Waals surface area contributed by atoms with Crippen LogP contribution in [-0.4, -0.2) is 17.1 Å². The molecule has 0 bridgehead atoms. The smallest absolute Gasteiger partial charge is 0.114 e. The first kappa shape index (κ1) is 8.95. The fourth-order valence-electron chi connectivity index (χ4n) is 0.239. The predicted octanol–water partition coefficient (Wildman–Crippen LogP) is 2.18. The minimum atomic E-state index is 0.309. The molecule has 54 valence electrons. The Labute approximate surface area is 64.4 Å². The Morgan fingerprint density at radius 3 is 2.67 bits per heavy atom. The third kappa shape index (κ3) is 4.45. The second kappa shape index (κ2) is 4.79. The first-order valence-corrected chi connectivity index (χ1v) is 3.90. The summed E-state index contributed by atoms with van der Waals surface area (Å²) in [6, 6.07) is 0. The number of hydrogen-bond acceptors (Lipinski definition) is 2. The van der Waals surface area contributed by atoms with E-state index in [2.05, 4.69) is 21.1 Å². The zero-order chi connectivity index (χ0) is 7.28. The lowest BCUT2D eigenvalue weighted by Gasteiger charge is -2.00. The van der Waals surface area contributed by atoms with E-state index in [-0.39, 0.29) is 0 Å². The van der Waals surface area contributed by atoms with E-state index >= 15 is 0 Å². The van der Waals surface area contributed by atoms with Crippen molar-refractivity contribution >= 4 is 21.6 Å². The van der Waals surface area contributed by atoms with Gasteiger partial charge in [-0.05, 0) is 20.8 Å². The van der Waals surface area contributed by atoms with E-state index in [4.69, 9.17) is 4.84 Å². The van der Waals surface area contributed by atoms with Crippen molar-refractivity contribution in [3.05, 3.63) is 0 Å². The van der Waals surface area contributed by atoms with Gasteiger partial charge in [-0.2, -0.15) is 0 Å². The van der Waals surface area contributed by atoms with Crippen molar-refractivity contribution in [3.63, 3.8) is 0 Å². The molecule has 9 heavy (non-hydrogen) atoms. The first-order chi connectivity index (χ1) is 4.18. The summed E-state index contributed by atoms with van der Waals surface area (Å²) in [5, 5.41) is 3.81. The van der Waals surface area contributed by atoms with Crippen LogP contribution in [0.15, 0.2) is 5.16 Å². The van der Waals surface area contributed by atoms with Gasteiger partial charge in [0, 0.05) is 0 Å². The number of alkyl halides is 1. The molecule has 0 N–H and O–H groups in total. The van der Waals surface area contributed by atoms with Gasteiger partial charge in [-0.25, -0.2) is 0 Å². The molecular formula is C6H12BrNO. The lowest BCUT2D eigenvalue weighted by Crippen LogP contribution is -2.05. The van der Waals surface area contributed by atoms with Crippen LogP contribution in [0.5, 0.6) is 0 Å². The van der Waals surface area contributed by atoms with Crippen LogP contribution in [0.25, 0.3) is 0 Å². The van der Waals surface area contributed by atoms with Gasteiger partial charge in [-0.3, -0.25) is 0 Å². The van der Waals surface area contributed by atoms with Crippen LogP contribution >= 0.6 is 15.9 Å². The molecule has 1 atom stereocenters. The quantitative estimate of drug-likeness (QED) is 0.383.